The lowest BCUT2D eigenvalue weighted by molar-refractivity contribution is -0.141. The SMILES string of the molecule is Cc1cc(C=C(C#N)C#N)c(C)n1CC(F)(F)F. The summed E-state index contributed by atoms with van der Waals surface area (Å²) in [6.07, 6.45) is -3.02. The van der Waals surface area contributed by atoms with E-state index in [-0.39, 0.29) is 5.57 Å². The van der Waals surface area contributed by atoms with Gasteiger partial charge in [0, 0.05) is 11.4 Å². The number of hydrogen-bond acceptors (Lipinski definition) is 2. The summed E-state index contributed by atoms with van der Waals surface area (Å²) < 4.78 is 38.2. The lowest BCUT2D eigenvalue weighted by Crippen LogP contribution is -2.19. The normalized spacial score (nSPS) is 10.6. The van der Waals surface area contributed by atoms with E-state index in [1.54, 1.807) is 19.1 Å². The van der Waals surface area contributed by atoms with E-state index < -0.39 is 12.7 Å². The molecule has 0 atom stereocenters. The van der Waals surface area contributed by atoms with Gasteiger partial charge in [-0.05, 0) is 31.6 Å². The van der Waals surface area contributed by atoms with E-state index in [9.17, 15) is 13.2 Å². The first-order chi connectivity index (χ1) is 8.28. The van der Waals surface area contributed by atoms with Crippen molar-refractivity contribution in [2.24, 2.45) is 0 Å². The second kappa shape index (κ2) is 4.97. The Morgan fingerprint density at radius 1 is 1.33 bits per heavy atom. The van der Waals surface area contributed by atoms with E-state index in [0.29, 0.717) is 17.0 Å². The molecule has 0 aromatic carbocycles. The molecule has 0 unspecified atom stereocenters. The third-order valence-electron chi connectivity index (χ3n) is 2.49. The van der Waals surface area contributed by atoms with E-state index in [4.69, 9.17) is 10.5 Å². The second-order valence-corrected chi connectivity index (χ2v) is 3.81. The molecule has 0 fully saturated rings. The monoisotopic (exact) mass is 253 g/mol. The number of hydrogen-bond donors (Lipinski definition) is 0. The standard InChI is InChI=1S/C12H10F3N3/c1-8-3-11(4-10(5-16)6-17)9(2)18(8)7-12(13,14)15/h3-4H,7H2,1-2H3. The lowest BCUT2D eigenvalue weighted by atomic mass is 10.2. The Kier molecular flexibility index (Phi) is 3.82. The second-order valence-electron chi connectivity index (χ2n) is 3.81. The third-order valence-corrected chi connectivity index (χ3v) is 2.49. The molecule has 0 aliphatic heterocycles. The van der Waals surface area contributed by atoms with Crippen LogP contribution in [0.25, 0.3) is 6.08 Å². The number of allylic oxidation sites excluding steroid dienone is 1. The summed E-state index contributed by atoms with van der Waals surface area (Å²) in [7, 11) is 0. The van der Waals surface area contributed by atoms with Crippen molar-refractivity contribution in [2.75, 3.05) is 0 Å². The molecular weight excluding hydrogens is 243 g/mol. The fourth-order valence-corrected chi connectivity index (χ4v) is 1.64. The highest BCUT2D eigenvalue weighted by Crippen LogP contribution is 2.24. The van der Waals surface area contributed by atoms with Gasteiger partial charge in [-0.1, -0.05) is 0 Å². The van der Waals surface area contributed by atoms with Crippen molar-refractivity contribution < 1.29 is 13.2 Å². The topological polar surface area (TPSA) is 52.5 Å². The molecule has 1 heterocycles. The number of nitriles is 2. The lowest BCUT2D eigenvalue weighted by Gasteiger charge is -2.12. The molecule has 1 rings (SSSR count). The first-order valence-electron chi connectivity index (χ1n) is 5.04. The minimum absolute atomic E-state index is 0.137. The van der Waals surface area contributed by atoms with Crippen LogP contribution in [0.15, 0.2) is 11.6 Å². The maximum absolute atomic E-state index is 12.4. The fourth-order valence-electron chi connectivity index (χ4n) is 1.64. The van der Waals surface area contributed by atoms with Crippen LogP contribution < -0.4 is 0 Å². The molecule has 3 nitrogen and oxygen atoms in total. The van der Waals surface area contributed by atoms with Crippen LogP contribution >= 0.6 is 0 Å². The van der Waals surface area contributed by atoms with Crippen LogP contribution in [0.2, 0.25) is 0 Å². The van der Waals surface area contributed by atoms with Gasteiger partial charge < -0.3 is 4.57 Å². The molecule has 1 aromatic heterocycles. The predicted molar refractivity (Wildman–Crippen MR) is 59.2 cm³/mol. The number of halogens is 3. The molecule has 0 spiro atoms. The molecule has 0 bridgehead atoms. The van der Waals surface area contributed by atoms with E-state index in [0.717, 1.165) is 4.57 Å². The van der Waals surface area contributed by atoms with Crippen molar-refractivity contribution in [3.63, 3.8) is 0 Å². The smallest absolute Gasteiger partial charge is 0.340 e. The number of rotatable bonds is 2. The van der Waals surface area contributed by atoms with Crippen LogP contribution in [0.1, 0.15) is 17.0 Å². The Balaban J connectivity index is 3.22. The van der Waals surface area contributed by atoms with Crippen molar-refractivity contribution in [1.82, 2.24) is 4.57 Å². The van der Waals surface area contributed by atoms with E-state index in [1.807, 2.05) is 0 Å². The van der Waals surface area contributed by atoms with Crippen LogP contribution in [0.5, 0.6) is 0 Å². The first-order valence-corrected chi connectivity index (χ1v) is 5.04. The Morgan fingerprint density at radius 3 is 2.33 bits per heavy atom. The van der Waals surface area contributed by atoms with Gasteiger partial charge in [0.15, 0.2) is 0 Å². The zero-order chi connectivity index (χ0) is 13.9. The fraction of sp³-hybridized carbons (Fsp3) is 0.333. The number of nitrogens with zero attached hydrogens (tertiary/aromatic N) is 3. The minimum atomic E-state index is -4.30. The maximum atomic E-state index is 12.4. The minimum Gasteiger partial charge on any atom is -0.340 e. The third kappa shape index (κ3) is 3.14. The number of aryl methyl sites for hydroxylation is 1. The molecule has 6 heteroatoms. The van der Waals surface area contributed by atoms with Gasteiger partial charge >= 0.3 is 6.18 Å². The zero-order valence-electron chi connectivity index (χ0n) is 9.84. The molecule has 0 aliphatic rings. The molecule has 0 saturated heterocycles. The van der Waals surface area contributed by atoms with Crippen LogP contribution in [0, 0.1) is 36.5 Å². The van der Waals surface area contributed by atoms with Gasteiger partial charge in [0.1, 0.15) is 24.3 Å². The molecule has 1 aromatic rings. The summed E-state index contributed by atoms with van der Waals surface area (Å²) in [6, 6.07) is 4.87. The van der Waals surface area contributed by atoms with Crippen LogP contribution in [0.4, 0.5) is 13.2 Å². The van der Waals surface area contributed by atoms with Gasteiger partial charge in [-0.2, -0.15) is 23.7 Å². The van der Waals surface area contributed by atoms with Crippen LogP contribution in [-0.2, 0) is 6.54 Å². The summed E-state index contributed by atoms with van der Waals surface area (Å²) in [5, 5.41) is 17.2. The van der Waals surface area contributed by atoms with Crippen molar-refractivity contribution in [2.45, 2.75) is 26.6 Å². The van der Waals surface area contributed by atoms with Gasteiger partial charge in [-0.25, -0.2) is 0 Å². The number of alkyl halides is 3. The molecule has 0 amide bonds. The Morgan fingerprint density at radius 2 is 1.89 bits per heavy atom. The van der Waals surface area contributed by atoms with Gasteiger partial charge in [0.25, 0.3) is 0 Å². The van der Waals surface area contributed by atoms with E-state index in [1.165, 1.54) is 19.1 Å². The molecule has 0 aliphatic carbocycles. The molecule has 0 saturated carbocycles. The number of aromatic nitrogens is 1. The highest BCUT2D eigenvalue weighted by molar-refractivity contribution is 5.64. The summed E-state index contributed by atoms with van der Waals surface area (Å²) in [5.41, 5.74) is 1.14. The van der Waals surface area contributed by atoms with Crippen LogP contribution in [0.3, 0.4) is 0 Å². The van der Waals surface area contributed by atoms with Crippen molar-refractivity contribution in [1.29, 1.82) is 10.5 Å². The summed E-state index contributed by atoms with van der Waals surface area (Å²) in [4.78, 5) is 0. The molecule has 94 valence electrons. The predicted octanol–water partition coefficient (Wildman–Crippen LogP) is 3.10. The van der Waals surface area contributed by atoms with Crippen molar-refractivity contribution >= 4 is 6.08 Å². The van der Waals surface area contributed by atoms with Crippen LogP contribution in [-0.4, -0.2) is 10.7 Å². The Hall–Kier alpha value is -2.21. The molecule has 0 N–H and O–H groups in total. The van der Waals surface area contributed by atoms with Gasteiger partial charge in [0.2, 0.25) is 0 Å². The quantitative estimate of drug-likeness (QED) is 0.760. The van der Waals surface area contributed by atoms with E-state index in [2.05, 4.69) is 0 Å². The molecule has 0 radical (unpaired) electrons. The van der Waals surface area contributed by atoms with Crippen molar-refractivity contribution in [3.8, 4) is 12.1 Å². The first kappa shape index (κ1) is 13.9. The van der Waals surface area contributed by atoms with Gasteiger partial charge in [-0.15, -0.1) is 0 Å². The van der Waals surface area contributed by atoms with Gasteiger partial charge in [0.05, 0.1) is 0 Å². The summed E-state index contributed by atoms with van der Waals surface area (Å²) in [5.74, 6) is 0. The highest BCUT2D eigenvalue weighted by atomic mass is 19.4. The summed E-state index contributed by atoms with van der Waals surface area (Å²) >= 11 is 0. The molecule has 18 heavy (non-hydrogen) atoms. The average molecular weight is 253 g/mol. The summed E-state index contributed by atoms with van der Waals surface area (Å²) in [6.45, 7) is 2.00. The van der Waals surface area contributed by atoms with E-state index >= 15 is 0 Å². The Labute approximate surface area is 102 Å². The Bertz CT molecular complexity index is 549. The highest BCUT2D eigenvalue weighted by Gasteiger charge is 2.29. The van der Waals surface area contributed by atoms with Gasteiger partial charge in [-0.3, -0.25) is 0 Å². The maximum Gasteiger partial charge on any atom is 0.406 e. The average Bonchev–Trinajstić information content (AvgIpc) is 2.52. The molecular formula is C12H10F3N3. The zero-order valence-corrected chi connectivity index (χ0v) is 9.84. The largest absolute Gasteiger partial charge is 0.406 e. The van der Waals surface area contributed by atoms with Crippen molar-refractivity contribution in [3.05, 3.63) is 28.6 Å².